The Kier molecular flexibility index (Phi) is 7.38. The Morgan fingerprint density at radius 3 is 2.84 bits per heavy atom. The molecule has 1 unspecified atom stereocenters. The van der Waals surface area contributed by atoms with Crippen molar-refractivity contribution in [3.8, 4) is 0 Å². The van der Waals surface area contributed by atoms with Crippen LogP contribution in [0.25, 0.3) is 0 Å². The molecule has 0 saturated carbocycles. The molecule has 0 amide bonds. The van der Waals surface area contributed by atoms with Gasteiger partial charge in [0.1, 0.15) is 0 Å². The van der Waals surface area contributed by atoms with Crippen molar-refractivity contribution in [2.75, 3.05) is 40.9 Å². The molecule has 1 rings (SSSR count). The Morgan fingerprint density at radius 2 is 2.26 bits per heavy atom. The lowest BCUT2D eigenvalue weighted by atomic mass is 10.1. The van der Waals surface area contributed by atoms with E-state index in [1.165, 1.54) is 0 Å². The van der Waals surface area contributed by atoms with Crippen molar-refractivity contribution < 1.29 is 4.74 Å². The van der Waals surface area contributed by atoms with Gasteiger partial charge in [0.25, 0.3) is 0 Å². The standard InChI is InChI=1S/C13H25ClN4O/c1-5-15-12(6-9-19-4)13-11(14)10-16-18(13)8-7-17(2)3/h10,12,15H,5-9H2,1-4H3. The average Bonchev–Trinajstić information content (AvgIpc) is 2.73. The van der Waals surface area contributed by atoms with Crippen molar-refractivity contribution in [2.45, 2.75) is 25.9 Å². The maximum atomic E-state index is 6.29. The Bertz CT molecular complexity index is 368. The summed E-state index contributed by atoms with van der Waals surface area (Å²) in [4.78, 5) is 2.14. The second-order valence-corrected chi connectivity index (χ2v) is 5.20. The maximum Gasteiger partial charge on any atom is 0.0834 e. The molecule has 110 valence electrons. The van der Waals surface area contributed by atoms with Crippen molar-refractivity contribution in [3.63, 3.8) is 0 Å². The molecule has 0 fully saturated rings. The number of ether oxygens (including phenoxy) is 1. The monoisotopic (exact) mass is 288 g/mol. The van der Waals surface area contributed by atoms with Crippen LogP contribution in [0.1, 0.15) is 25.1 Å². The molecule has 0 aliphatic carbocycles. The van der Waals surface area contributed by atoms with Crippen LogP contribution < -0.4 is 5.32 Å². The largest absolute Gasteiger partial charge is 0.385 e. The first-order valence-corrected chi connectivity index (χ1v) is 7.06. The number of nitrogens with one attached hydrogen (secondary N) is 1. The summed E-state index contributed by atoms with van der Waals surface area (Å²) >= 11 is 6.29. The molecule has 5 nitrogen and oxygen atoms in total. The second kappa shape index (κ2) is 8.53. The van der Waals surface area contributed by atoms with E-state index in [1.54, 1.807) is 13.3 Å². The predicted octanol–water partition coefficient (Wildman–Crippen LogP) is 1.79. The van der Waals surface area contributed by atoms with Crippen LogP contribution in [0.5, 0.6) is 0 Å². The zero-order chi connectivity index (χ0) is 14.3. The molecular formula is C13H25ClN4O. The third-order valence-electron chi connectivity index (χ3n) is 2.98. The van der Waals surface area contributed by atoms with E-state index in [0.717, 1.165) is 36.8 Å². The van der Waals surface area contributed by atoms with Crippen molar-refractivity contribution >= 4 is 11.6 Å². The first-order chi connectivity index (χ1) is 9.10. The third-order valence-corrected chi connectivity index (χ3v) is 3.27. The molecule has 0 radical (unpaired) electrons. The van der Waals surface area contributed by atoms with Crippen LogP contribution in [0.15, 0.2) is 6.20 Å². The highest BCUT2D eigenvalue weighted by Crippen LogP contribution is 2.25. The summed E-state index contributed by atoms with van der Waals surface area (Å²) in [5.74, 6) is 0. The fraction of sp³-hybridized carbons (Fsp3) is 0.769. The van der Waals surface area contributed by atoms with E-state index >= 15 is 0 Å². The van der Waals surface area contributed by atoms with E-state index < -0.39 is 0 Å². The number of likely N-dealkylation sites (N-methyl/N-ethyl adjacent to an activating group) is 1. The van der Waals surface area contributed by atoms with E-state index in [4.69, 9.17) is 16.3 Å². The Balaban J connectivity index is 2.83. The van der Waals surface area contributed by atoms with E-state index in [9.17, 15) is 0 Å². The number of hydrogen-bond donors (Lipinski definition) is 1. The number of nitrogens with zero attached hydrogens (tertiary/aromatic N) is 3. The van der Waals surface area contributed by atoms with E-state index in [0.29, 0.717) is 6.61 Å². The molecule has 1 heterocycles. The Morgan fingerprint density at radius 1 is 1.53 bits per heavy atom. The maximum absolute atomic E-state index is 6.29. The van der Waals surface area contributed by atoms with Crippen LogP contribution in [0.3, 0.4) is 0 Å². The number of rotatable bonds is 9. The molecule has 0 aromatic carbocycles. The highest BCUT2D eigenvalue weighted by atomic mass is 35.5. The van der Waals surface area contributed by atoms with Gasteiger partial charge in [0.15, 0.2) is 0 Å². The van der Waals surface area contributed by atoms with Gasteiger partial charge >= 0.3 is 0 Å². The fourth-order valence-electron chi connectivity index (χ4n) is 2.01. The molecule has 1 atom stereocenters. The molecule has 0 bridgehead atoms. The lowest BCUT2D eigenvalue weighted by Gasteiger charge is -2.20. The summed E-state index contributed by atoms with van der Waals surface area (Å²) in [6.45, 7) is 5.46. The molecule has 0 saturated heterocycles. The molecule has 0 aliphatic rings. The molecule has 19 heavy (non-hydrogen) atoms. The van der Waals surface area contributed by atoms with Gasteiger partial charge in [-0.1, -0.05) is 18.5 Å². The quantitative estimate of drug-likeness (QED) is 0.752. The van der Waals surface area contributed by atoms with Crippen LogP contribution in [0.2, 0.25) is 5.02 Å². The number of methoxy groups -OCH3 is 1. The lowest BCUT2D eigenvalue weighted by Crippen LogP contribution is -2.27. The number of hydrogen-bond acceptors (Lipinski definition) is 4. The summed E-state index contributed by atoms with van der Waals surface area (Å²) < 4.78 is 7.17. The number of aromatic nitrogens is 2. The fourth-order valence-corrected chi connectivity index (χ4v) is 2.28. The Labute approximate surface area is 120 Å². The van der Waals surface area contributed by atoms with Gasteiger partial charge in [-0.05, 0) is 27.1 Å². The van der Waals surface area contributed by atoms with Gasteiger partial charge in [-0.2, -0.15) is 5.10 Å². The van der Waals surface area contributed by atoms with Gasteiger partial charge in [-0.15, -0.1) is 0 Å². The van der Waals surface area contributed by atoms with Gasteiger partial charge in [-0.3, -0.25) is 4.68 Å². The van der Waals surface area contributed by atoms with Crippen molar-refractivity contribution in [2.24, 2.45) is 0 Å². The Hall–Kier alpha value is -0.620. The van der Waals surface area contributed by atoms with Crippen LogP contribution in [-0.2, 0) is 11.3 Å². The van der Waals surface area contributed by atoms with Crippen LogP contribution >= 0.6 is 11.6 Å². The smallest absolute Gasteiger partial charge is 0.0834 e. The summed E-state index contributed by atoms with van der Waals surface area (Å²) in [6.07, 6.45) is 2.61. The predicted molar refractivity (Wildman–Crippen MR) is 78.7 cm³/mol. The molecule has 0 spiro atoms. The van der Waals surface area contributed by atoms with Gasteiger partial charge in [0.2, 0.25) is 0 Å². The second-order valence-electron chi connectivity index (χ2n) is 4.80. The number of halogens is 1. The van der Waals surface area contributed by atoms with Gasteiger partial charge in [0.05, 0.1) is 29.5 Å². The summed E-state index contributed by atoms with van der Waals surface area (Å²) in [5.41, 5.74) is 1.06. The molecule has 1 N–H and O–H groups in total. The van der Waals surface area contributed by atoms with Crippen LogP contribution in [-0.4, -0.2) is 55.6 Å². The summed E-state index contributed by atoms with van der Waals surface area (Å²) in [6, 6.07) is 0.183. The zero-order valence-electron chi connectivity index (χ0n) is 12.3. The van der Waals surface area contributed by atoms with Crippen LogP contribution in [0, 0.1) is 0 Å². The third kappa shape index (κ3) is 5.10. The van der Waals surface area contributed by atoms with Crippen molar-refractivity contribution in [1.29, 1.82) is 0 Å². The van der Waals surface area contributed by atoms with E-state index in [1.807, 2.05) is 4.68 Å². The minimum atomic E-state index is 0.183. The molecule has 1 aromatic heterocycles. The summed E-state index contributed by atoms with van der Waals surface area (Å²) in [5, 5.41) is 8.55. The van der Waals surface area contributed by atoms with Crippen molar-refractivity contribution in [3.05, 3.63) is 16.9 Å². The normalized spacial score (nSPS) is 13.2. The topological polar surface area (TPSA) is 42.3 Å². The highest BCUT2D eigenvalue weighted by molar-refractivity contribution is 6.31. The van der Waals surface area contributed by atoms with Crippen molar-refractivity contribution in [1.82, 2.24) is 20.0 Å². The van der Waals surface area contributed by atoms with E-state index in [-0.39, 0.29) is 6.04 Å². The summed E-state index contributed by atoms with van der Waals surface area (Å²) in [7, 11) is 5.82. The highest BCUT2D eigenvalue weighted by Gasteiger charge is 2.19. The van der Waals surface area contributed by atoms with E-state index in [2.05, 4.69) is 36.3 Å². The average molecular weight is 289 g/mol. The minimum absolute atomic E-state index is 0.183. The first kappa shape index (κ1) is 16.4. The van der Waals surface area contributed by atoms with Gasteiger partial charge in [0, 0.05) is 20.3 Å². The SMILES string of the molecule is CCNC(CCOC)c1c(Cl)cnn1CCN(C)C. The lowest BCUT2D eigenvalue weighted by molar-refractivity contribution is 0.181. The molecule has 0 aliphatic heterocycles. The minimum Gasteiger partial charge on any atom is -0.385 e. The zero-order valence-corrected chi connectivity index (χ0v) is 13.1. The first-order valence-electron chi connectivity index (χ1n) is 6.68. The molecule has 1 aromatic rings. The molecular weight excluding hydrogens is 264 g/mol. The van der Waals surface area contributed by atoms with Gasteiger partial charge < -0.3 is 15.0 Å². The van der Waals surface area contributed by atoms with Crippen LogP contribution in [0.4, 0.5) is 0 Å². The molecule has 6 heteroatoms. The van der Waals surface area contributed by atoms with Gasteiger partial charge in [-0.25, -0.2) is 0 Å².